The fourth-order valence-electron chi connectivity index (χ4n) is 10.1. The van der Waals surface area contributed by atoms with Crippen molar-refractivity contribution in [2.24, 2.45) is 11.8 Å². The fraction of sp³-hybridized carbons (Fsp3) is 0.500. The molecule has 0 bridgehead atoms. The molecule has 2 saturated heterocycles. The number of ketones is 1. The van der Waals surface area contributed by atoms with Crippen LogP contribution in [-0.4, -0.2) is 62.4 Å². The van der Waals surface area contributed by atoms with Crippen molar-refractivity contribution >= 4 is 47.5 Å². The minimum atomic E-state index is -4.41. The van der Waals surface area contributed by atoms with Crippen LogP contribution in [0.25, 0.3) is 22.2 Å². The number of benzene rings is 3. The number of aryl methyl sites for hydroxylation is 1. The Morgan fingerprint density at radius 1 is 0.918 bits per heavy atom. The van der Waals surface area contributed by atoms with Gasteiger partial charge in [0.25, 0.3) is 0 Å². The molecule has 4 fully saturated rings. The van der Waals surface area contributed by atoms with Gasteiger partial charge in [0.1, 0.15) is 29.6 Å². The van der Waals surface area contributed by atoms with E-state index in [4.69, 9.17) is 26.1 Å². The zero-order chi connectivity index (χ0) is 42.9. The van der Waals surface area contributed by atoms with Gasteiger partial charge in [-0.25, -0.2) is 13.8 Å². The van der Waals surface area contributed by atoms with E-state index in [-0.39, 0.29) is 50.2 Å². The van der Waals surface area contributed by atoms with E-state index in [2.05, 4.69) is 0 Å². The Labute approximate surface area is 361 Å². The minimum absolute atomic E-state index is 0.0289. The lowest BCUT2D eigenvalue weighted by Gasteiger charge is -2.30. The number of Topliss-reactive ketones (excluding diaryl/α,β-unsaturated/α-hetero) is 1. The summed E-state index contributed by atoms with van der Waals surface area (Å²) < 4.78 is 57.1. The fourth-order valence-corrected chi connectivity index (χ4v) is 12.9. The first-order chi connectivity index (χ1) is 29.3. The van der Waals surface area contributed by atoms with E-state index >= 15 is 0 Å². The van der Waals surface area contributed by atoms with Gasteiger partial charge in [0.15, 0.2) is 5.78 Å². The molecule has 2 aliphatic carbocycles. The highest BCUT2D eigenvalue weighted by atomic mass is 35.5. The second-order valence-electron chi connectivity index (χ2n) is 17.8. The molecule has 1 N–H and O–H groups in total. The van der Waals surface area contributed by atoms with Gasteiger partial charge < -0.3 is 19.3 Å². The zero-order valence-corrected chi connectivity index (χ0v) is 36.3. The first-order valence-corrected chi connectivity index (χ1v) is 24.2. The second kappa shape index (κ2) is 18.3. The van der Waals surface area contributed by atoms with E-state index in [1.807, 2.05) is 55.5 Å². The number of fused-ring (bicyclic) bond motifs is 3. The average molecular weight is 875 g/mol. The third-order valence-corrected chi connectivity index (χ3v) is 17.0. The predicted molar refractivity (Wildman–Crippen MR) is 231 cm³/mol. The lowest BCUT2D eigenvalue weighted by atomic mass is 9.94. The van der Waals surface area contributed by atoms with Crippen molar-refractivity contribution in [3.05, 3.63) is 94.5 Å². The Bertz CT molecular complexity index is 2320. The monoisotopic (exact) mass is 874 g/mol. The number of pyridine rings is 1. The molecule has 3 aromatic carbocycles. The second-order valence-corrected chi connectivity index (χ2v) is 20.8. The van der Waals surface area contributed by atoms with Crippen LogP contribution in [0.4, 0.5) is 8.78 Å². The maximum absolute atomic E-state index is 14.9. The van der Waals surface area contributed by atoms with Crippen molar-refractivity contribution in [3.63, 3.8) is 0 Å². The van der Waals surface area contributed by atoms with E-state index in [0.717, 1.165) is 74.6 Å². The number of halogens is 3. The summed E-state index contributed by atoms with van der Waals surface area (Å²) in [4.78, 5) is 61.5. The summed E-state index contributed by atoms with van der Waals surface area (Å²) in [6.07, 6.45) is 7.00. The topological polar surface area (TPSA) is 123 Å². The summed E-state index contributed by atoms with van der Waals surface area (Å²) in [6, 6.07) is 17.5. The van der Waals surface area contributed by atoms with Crippen LogP contribution in [0.3, 0.4) is 0 Å². The van der Waals surface area contributed by atoms with Crippen LogP contribution < -0.4 is 4.74 Å². The van der Waals surface area contributed by atoms with Crippen molar-refractivity contribution < 1.29 is 42.1 Å². The van der Waals surface area contributed by atoms with E-state index in [1.165, 1.54) is 11.0 Å². The predicted octanol–water partition coefficient (Wildman–Crippen LogP) is 10.9. The Morgan fingerprint density at radius 2 is 1.61 bits per heavy atom. The molecule has 4 aromatic rings. The molecule has 2 aliphatic heterocycles. The number of nitrogens with zero attached hydrogens (tertiary/aromatic N) is 2. The first-order valence-electron chi connectivity index (χ1n) is 21.9. The van der Waals surface area contributed by atoms with Crippen molar-refractivity contribution in [2.45, 2.75) is 133 Å². The normalized spacial score (nSPS) is 26.2. The molecule has 9 nitrogen and oxygen atoms in total. The molecule has 4 aliphatic rings. The Hall–Kier alpha value is -4.18. The minimum Gasteiger partial charge on any atom is -0.488 e. The molecule has 0 radical (unpaired) electrons. The van der Waals surface area contributed by atoms with E-state index in [0.29, 0.717) is 46.6 Å². The molecule has 8 rings (SSSR count). The molecule has 61 heavy (non-hydrogen) atoms. The van der Waals surface area contributed by atoms with Crippen LogP contribution in [0.1, 0.15) is 107 Å². The van der Waals surface area contributed by atoms with E-state index in [9.17, 15) is 32.6 Å². The number of ether oxygens (including phenoxy) is 2. The summed E-state index contributed by atoms with van der Waals surface area (Å²) in [5.41, 5.74) is 2.39. The number of esters is 1. The molecule has 3 heterocycles. The number of carbonyl (C=O) groups is 3. The summed E-state index contributed by atoms with van der Waals surface area (Å²) >= 11 is 6.85. The third kappa shape index (κ3) is 9.30. The van der Waals surface area contributed by atoms with Gasteiger partial charge in [-0.3, -0.25) is 18.9 Å². The Balaban J connectivity index is 1.14. The number of amides is 1. The molecule has 0 spiro atoms. The number of hydrogen-bond donors (Lipinski definition) is 1. The van der Waals surface area contributed by atoms with Crippen molar-refractivity contribution in [1.82, 2.24) is 9.88 Å². The zero-order valence-electron chi connectivity index (χ0n) is 34.6. The van der Waals surface area contributed by atoms with Crippen LogP contribution in [-0.2, 0) is 29.8 Å². The van der Waals surface area contributed by atoms with Gasteiger partial charge in [0, 0.05) is 41.3 Å². The van der Waals surface area contributed by atoms with Gasteiger partial charge in [-0.15, -0.1) is 0 Å². The van der Waals surface area contributed by atoms with E-state index < -0.39 is 65.7 Å². The van der Waals surface area contributed by atoms with E-state index in [1.54, 1.807) is 0 Å². The maximum Gasteiger partial charge on any atom is 0.306 e. The molecule has 324 valence electrons. The molecular weight excluding hydrogens is 821 g/mol. The molecule has 1 amide bonds. The third-order valence-electron chi connectivity index (χ3n) is 13.6. The molecular formula is C48H54ClF2N2O7P. The van der Waals surface area contributed by atoms with Crippen molar-refractivity contribution in [2.75, 3.05) is 6.54 Å². The molecule has 6 atom stereocenters. The summed E-state index contributed by atoms with van der Waals surface area (Å²) in [5, 5.41) is -0.256. The number of hydrogen-bond acceptors (Lipinski definition) is 7. The van der Waals surface area contributed by atoms with Gasteiger partial charge in [-0.2, -0.15) is 0 Å². The summed E-state index contributed by atoms with van der Waals surface area (Å²) in [7, 11) is -4.41. The number of aromatic nitrogens is 1. The summed E-state index contributed by atoms with van der Waals surface area (Å²) in [6.45, 7) is 1.93. The average Bonchev–Trinajstić information content (AvgIpc) is 3.50. The SMILES string of the molecule is Cc1ccc2c(O[C@@H]3C[C@H]4C(=O)C[C@]5(P(=O)(O)Cc6c(F)cccc6F)C[C@H]5CCCCCCC[C@H](CC(=O)OC5CCCC5)C(=O)N4C3)cc(-c3ccccc3)nc2c1Cl. The van der Waals surface area contributed by atoms with Gasteiger partial charge in [-0.1, -0.05) is 86.2 Å². The van der Waals surface area contributed by atoms with Crippen molar-refractivity contribution in [3.8, 4) is 17.0 Å². The van der Waals surface area contributed by atoms with Crippen LogP contribution in [0.2, 0.25) is 5.02 Å². The van der Waals surface area contributed by atoms with Gasteiger partial charge >= 0.3 is 5.97 Å². The first kappa shape index (κ1) is 43.5. The number of carbonyl (C=O) groups excluding carboxylic acids is 3. The smallest absolute Gasteiger partial charge is 0.306 e. The van der Waals surface area contributed by atoms with Gasteiger partial charge in [0.2, 0.25) is 13.3 Å². The summed E-state index contributed by atoms with van der Waals surface area (Å²) in [5.74, 6) is -3.57. The Morgan fingerprint density at radius 3 is 2.34 bits per heavy atom. The van der Waals surface area contributed by atoms with Crippen LogP contribution in [0.15, 0.2) is 66.7 Å². The molecule has 13 heteroatoms. The lowest BCUT2D eigenvalue weighted by molar-refractivity contribution is -0.154. The van der Waals surface area contributed by atoms with Gasteiger partial charge in [0.05, 0.1) is 46.6 Å². The highest BCUT2D eigenvalue weighted by Gasteiger charge is 2.66. The highest BCUT2D eigenvalue weighted by Crippen LogP contribution is 2.75. The quantitative estimate of drug-likeness (QED) is 0.130. The highest BCUT2D eigenvalue weighted by molar-refractivity contribution is 7.59. The van der Waals surface area contributed by atoms with Crippen molar-refractivity contribution in [1.29, 1.82) is 0 Å². The largest absolute Gasteiger partial charge is 0.488 e. The number of rotatable bonds is 9. The molecule has 1 aromatic heterocycles. The maximum atomic E-state index is 14.9. The molecule has 2 saturated carbocycles. The van der Waals surface area contributed by atoms with Gasteiger partial charge in [-0.05, 0) is 81.5 Å². The van der Waals surface area contributed by atoms with Crippen LogP contribution >= 0.6 is 19.0 Å². The van der Waals surface area contributed by atoms with Crippen LogP contribution in [0.5, 0.6) is 5.75 Å². The lowest BCUT2D eigenvalue weighted by Crippen LogP contribution is -2.45. The standard InChI is InChI=1S/C48H54ClF2N2O7P/c1-30-21-22-36-43(25-40(52-46(36)45(30)49)31-13-7-5-8-14-31)59-35-24-41-42(54)27-48(61(57,58)29-37-38(50)19-12-20-39(37)51)26-33(48)16-9-4-2-3-6-15-32(47(56)53(41)28-35)23-44(55)60-34-17-10-11-18-34/h5,7-8,12-14,19-22,25,32-35,41H,2-4,6,9-11,15-18,23-24,26-29H2,1H3,(H,57,58)/t32-,33-,35-,41+,48-/m1/s1. The van der Waals surface area contributed by atoms with Crippen LogP contribution in [0, 0.1) is 30.4 Å². The Kier molecular flexibility index (Phi) is 13.0. The molecule has 1 unspecified atom stereocenters.